The van der Waals surface area contributed by atoms with Crippen molar-refractivity contribution in [2.75, 3.05) is 6.54 Å². The number of rotatable bonds is 5. The van der Waals surface area contributed by atoms with Gasteiger partial charge >= 0.3 is 6.09 Å². The van der Waals surface area contributed by atoms with Crippen LogP contribution < -0.4 is 10.6 Å². The normalized spacial score (nSPS) is 21.0. The number of carbonyl (C=O) groups is 2. The van der Waals surface area contributed by atoms with Crippen LogP contribution in [-0.2, 0) is 16.1 Å². The van der Waals surface area contributed by atoms with Gasteiger partial charge in [0.2, 0.25) is 5.91 Å². The standard InChI is InChI=1S/C16H22N2O4/c19-14-9-5-4-8-13(14)18-15(20)10-17-16(21)22-11-12-6-2-1-3-7-12/h1-3,6-7,13-14,19H,4-5,8-11H2,(H,17,21)(H,18,20)/t13-,14-/m1/s1. The molecule has 0 aromatic heterocycles. The summed E-state index contributed by atoms with van der Waals surface area (Å²) < 4.78 is 5.01. The van der Waals surface area contributed by atoms with Crippen molar-refractivity contribution in [3.63, 3.8) is 0 Å². The number of carbonyl (C=O) groups excluding carboxylic acids is 2. The number of aliphatic hydroxyl groups is 1. The van der Waals surface area contributed by atoms with Gasteiger partial charge in [0.25, 0.3) is 0 Å². The van der Waals surface area contributed by atoms with Crippen LogP contribution in [0.4, 0.5) is 4.79 Å². The lowest BCUT2D eigenvalue weighted by Crippen LogP contribution is -2.48. The van der Waals surface area contributed by atoms with Crippen LogP contribution in [0.3, 0.4) is 0 Å². The third-order valence-corrected chi connectivity index (χ3v) is 3.68. The molecular formula is C16H22N2O4. The summed E-state index contributed by atoms with van der Waals surface area (Å²) in [6, 6.07) is 9.09. The number of hydrogen-bond acceptors (Lipinski definition) is 4. The van der Waals surface area contributed by atoms with Crippen molar-refractivity contribution < 1.29 is 19.4 Å². The minimum Gasteiger partial charge on any atom is -0.445 e. The Kier molecular flexibility index (Phi) is 6.21. The molecule has 3 N–H and O–H groups in total. The van der Waals surface area contributed by atoms with Gasteiger partial charge in [0.05, 0.1) is 12.1 Å². The van der Waals surface area contributed by atoms with Crippen LogP contribution in [0, 0.1) is 0 Å². The summed E-state index contributed by atoms with van der Waals surface area (Å²) in [5, 5.41) is 14.9. The molecule has 1 aromatic rings. The summed E-state index contributed by atoms with van der Waals surface area (Å²) in [5.41, 5.74) is 0.882. The lowest BCUT2D eigenvalue weighted by molar-refractivity contribution is -0.122. The zero-order valence-corrected chi connectivity index (χ0v) is 12.5. The minimum atomic E-state index is -0.636. The van der Waals surface area contributed by atoms with E-state index in [1.54, 1.807) is 0 Å². The van der Waals surface area contributed by atoms with E-state index in [-0.39, 0.29) is 25.1 Å². The molecule has 1 saturated carbocycles. The molecule has 2 amide bonds. The Morgan fingerprint density at radius 2 is 1.91 bits per heavy atom. The largest absolute Gasteiger partial charge is 0.445 e. The summed E-state index contributed by atoms with van der Waals surface area (Å²) in [6.45, 7) is 0.00642. The molecule has 1 aliphatic rings. The maximum absolute atomic E-state index is 11.7. The van der Waals surface area contributed by atoms with Gasteiger partial charge in [-0.2, -0.15) is 0 Å². The molecule has 1 aromatic carbocycles. The van der Waals surface area contributed by atoms with E-state index in [0.29, 0.717) is 6.42 Å². The van der Waals surface area contributed by atoms with Crippen LogP contribution in [0.5, 0.6) is 0 Å². The van der Waals surface area contributed by atoms with Gasteiger partial charge in [-0.1, -0.05) is 43.2 Å². The smallest absolute Gasteiger partial charge is 0.407 e. The fourth-order valence-electron chi connectivity index (χ4n) is 2.46. The Balaban J connectivity index is 1.64. The van der Waals surface area contributed by atoms with E-state index in [2.05, 4.69) is 10.6 Å². The van der Waals surface area contributed by atoms with Gasteiger partial charge in [-0.05, 0) is 18.4 Å². The lowest BCUT2D eigenvalue weighted by Gasteiger charge is -2.28. The number of benzene rings is 1. The second-order valence-corrected chi connectivity index (χ2v) is 5.44. The predicted octanol–water partition coefficient (Wildman–Crippen LogP) is 1.33. The zero-order valence-electron chi connectivity index (χ0n) is 12.5. The van der Waals surface area contributed by atoms with Gasteiger partial charge in [0, 0.05) is 0 Å². The monoisotopic (exact) mass is 306 g/mol. The maximum atomic E-state index is 11.7. The highest BCUT2D eigenvalue weighted by atomic mass is 16.5. The molecule has 0 radical (unpaired) electrons. The SMILES string of the molecule is O=C(CNC(=O)OCc1ccccc1)N[C@@H]1CCCC[C@H]1O. The first-order valence-electron chi connectivity index (χ1n) is 7.57. The van der Waals surface area contributed by atoms with Gasteiger partial charge in [-0.15, -0.1) is 0 Å². The molecule has 0 aliphatic heterocycles. The fourth-order valence-corrected chi connectivity index (χ4v) is 2.46. The summed E-state index contributed by atoms with van der Waals surface area (Å²) in [6.07, 6.45) is 2.32. The minimum absolute atomic E-state index is 0.156. The highest BCUT2D eigenvalue weighted by Gasteiger charge is 2.24. The quantitative estimate of drug-likeness (QED) is 0.766. The van der Waals surface area contributed by atoms with E-state index < -0.39 is 12.2 Å². The molecule has 1 aliphatic carbocycles. The average Bonchev–Trinajstić information content (AvgIpc) is 2.54. The Labute approximate surface area is 129 Å². The summed E-state index contributed by atoms with van der Waals surface area (Å²) in [7, 11) is 0. The van der Waals surface area contributed by atoms with Crippen LogP contribution in [0.15, 0.2) is 30.3 Å². The summed E-state index contributed by atoms with van der Waals surface area (Å²) >= 11 is 0. The van der Waals surface area contributed by atoms with E-state index in [4.69, 9.17) is 4.74 Å². The van der Waals surface area contributed by atoms with Gasteiger partial charge < -0.3 is 20.5 Å². The summed E-state index contributed by atoms with van der Waals surface area (Å²) in [4.78, 5) is 23.3. The molecule has 1 fully saturated rings. The van der Waals surface area contributed by atoms with Crippen LogP contribution in [0.25, 0.3) is 0 Å². The molecule has 2 atom stereocenters. The van der Waals surface area contributed by atoms with Crippen LogP contribution >= 0.6 is 0 Å². The average molecular weight is 306 g/mol. The second-order valence-electron chi connectivity index (χ2n) is 5.44. The molecule has 2 rings (SSSR count). The lowest BCUT2D eigenvalue weighted by atomic mass is 9.92. The van der Waals surface area contributed by atoms with Gasteiger partial charge in [-0.25, -0.2) is 4.79 Å². The molecule has 22 heavy (non-hydrogen) atoms. The topological polar surface area (TPSA) is 87.7 Å². The van der Waals surface area contributed by atoms with Gasteiger partial charge in [0.1, 0.15) is 13.2 Å². The van der Waals surface area contributed by atoms with Crippen molar-refractivity contribution in [2.45, 2.75) is 44.4 Å². The number of amides is 2. The predicted molar refractivity (Wildman–Crippen MR) is 81.0 cm³/mol. The van der Waals surface area contributed by atoms with Crippen molar-refractivity contribution >= 4 is 12.0 Å². The van der Waals surface area contributed by atoms with Crippen molar-refractivity contribution in [3.05, 3.63) is 35.9 Å². The molecule has 0 unspecified atom stereocenters. The Morgan fingerprint density at radius 1 is 1.18 bits per heavy atom. The van der Waals surface area contributed by atoms with Crippen molar-refractivity contribution in [1.29, 1.82) is 0 Å². The third kappa shape index (κ3) is 5.37. The van der Waals surface area contributed by atoms with E-state index in [1.807, 2.05) is 30.3 Å². The zero-order chi connectivity index (χ0) is 15.8. The maximum Gasteiger partial charge on any atom is 0.407 e. The van der Waals surface area contributed by atoms with Crippen molar-refractivity contribution in [1.82, 2.24) is 10.6 Å². The number of aliphatic hydroxyl groups excluding tert-OH is 1. The number of ether oxygens (including phenoxy) is 1. The third-order valence-electron chi connectivity index (χ3n) is 3.68. The summed E-state index contributed by atoms with van der Waals surface area (Å²) in [5.74, 6) is -0.317. The molecular weight excluding hydrogens is 284 g/mol. The highest BCUT2D eigenvalue weighted by molar-refractivity contribution is 5.82. The number of nitrogens with one attached hydrogen (secondary N) is 2. The Bertz CT molecular complexity index is 492. The Morgan fingerprint density at radius 3 is 2.64 bits per heavy atom. The van der Waals surface area contributed by atoms with Crippen LogP contribution in [0.1, 0.15) is 31.2 Å². The van der Waals surface area contributed by atoms with Gasteiger partial charge in [-0.3, -0.25) is 4.79 Å². The number of hydrogen-bond donors (Lipinski definition) is 3. The van der Waals surface area contributed by atoms with Crippen molar-refractivity contribution in [2.24, 2.45) is 0 Å². The van der Waals surface area contributed by atoms with E-state index in [0.717, 1.165) is 24.8 Å². The molecule has 120 valence electrons. The van der Waals surface area contributed by atoms with E-state index in [9.17, 15) is 14.7 Å². The first-order chi connectivity index (χ1) is 10.6. The van der Waals surface area contributed by atoms with Crippen LogP contribution in [0.2, 0.25) is 0 Å². The Hall–Kier alpha value is -2.08. The molecule has 0 saturated heterocycles. The molecule has 0 heterocycles. The molecule has 0 spiro atoms. The number of alkyl carbamates (subject to hydrolysis) is 1. The second kappa shape index (κ2) is 8.38. The van der Waals surface area contributed by atoms with Crippen molar-refractivity contribution in [3.8, 4) is 0 Å². The molecule has 0 bridgehead atoms. The molecule has 6 heteroatoms. The van der Waals surface area contributed by atoms with Gasteiger partial charge in [0.15, 0.2) is 0 Å². The first kappa shape index (κ1) is 16.3. The van der Waals surface area contributed by atoms with E-state index in [1.165, 1.54) is 0 Å². The van der Waals surface area contributed by atoms with Crippen LogP contribution in [-0.4, -0.2) is 35.8 Å². The molecule has 6 nitrogen and oxygen atoms in total. The van der Waals surface area contributed by atoms with E-state index >= 15 is 0 Å². The fraction of sp³-hybridized carbons (Fsp3) is 0.500. The first-order valence-corrected chi connectivity index (χ1v) is 7.57. The highest BCUT2D eigenvalue weighted by Crippen LogP contribution is 2.18.